The molecule has 0 bridgehead atoms. The highest BCUT2D eigenvalue weighted by Crippen LogP contribution is 2.33. The molecule has 2 rings (SSSR count). The number of carbonyl (C=O) groups is 1. The fourth-order valence-corrected chi connectivity index (χ4v) is 3.39. The third-order valence-electron chi connectivity index (χ3n) is 4.56. The van der Waals surface area contributed by atoms with E-state index < -0.39 is 0 Å². The lowest BCUT2D eigenvalue weighted by Gasteiger charge is -2.45. The molecule has 1 unspecified atom stereocenters. The van der Waals surface area contributed by atoms with E-state index in [1.54, 1.807) is 0 Å². The maximum absolute atomic E-state index is 12.5. The van der Waals surface area contributed by atoms with Crippen molar-refractivity contribution in [2.75, 3.05) is 26.3 Å². The van der Waals surface area contributed by atoms with Crippen LogP contribution in [0.2, 0.25) is 0 Å². The van der Waals surface area contributed by atoms with Crippen LogP contribution < -0.4 is 11.1 Å². The number of amides is 2. The van der Waals surface area contributed by atoms with E-state index >= 15 is 0 Å². The molecular weight excluding hydrogens is 242 g/mol. The lowest BCUT2D eigenvalue weighted by Crippen LogP contribution is -2.60. The number of rotatable bonds is 4. The average Bonchev–Trinajstić information content (AvgIpc) is 2.93. The molecule has 5 nitrogen and oxygen atoms in total. The molecule has 110 valence electrons. The standard InChI is InChI=1S/C14H27N3O2/c1-2-17(13(18)16-12-6-9-19-10-12)14(11-15)7-4-3-5-8-14/h12H,2-11,15H2,1H3,(H,16,18). The van der Waals surface area contributed by atoms with Gasteiger partial charge in [0, 0.05) is 19.7 Å². The van der Waals surface area contributed by atoms with Crippen LogP contribution in [0.4, 0.5) is 4.79 Å². The van der Waals surface area contributed by atoms with Gasteiger partial charge in [-0.15, -0.1) is 0 Å². The highest BCUT2D eigenvalue weighted by molar-refractivity contribution is 5.75. The molecule has 3 N–H and O–H groups in total. The maximum atomic E-state index is 12.5. The molecule has 1 saturated carbocycles. The molecule has 1 aliphatic carbocycles. The zero-order valence-electron chi connectivity index (χ0n) is 12.0. The van der Waals surface area contributed by atoms with E-state index in [1.807, 2.05) is 11.8 Å². The Morgan fingerprint density at radius 3 is 2.68 bits per heavy atom. The fourth-order valence-electron chi connectivity index (χ4n) is 3.39. The summed E-state index contributed by atoms with van der Waals surface area (Å²) in [5, 5.41) is 3.09. The molecule has 1 saturated heterocycles. The molecular formula is C14H27N3O2. The zero-order chi connectivity index (χ0) is 13.7. The largest absolute Gasteiger partial charge is 0.379 e. The van der Waals surface area contributed by atoms with Crippen LogP contribution >= 0.6 is 0 Å². The maximum Gasteiger partial charge on any atom is 0.318 e. The summed E-state index contributed by atoms with van der Waals surface area (Å²) < 4.78 is 5.31. The predicted octanol–water partition coefficient (Wildman–Crippen LogP) is 1.47. The van der Waals surface area contributed by atoms with Gasteiger partial charge < -0.3 is 20.7 Å². The van der Waals surface area contributed by atoms with Crippen molar-refractivity contribution in [3.05, 3.63) is 0 Å². The van der Waals surface area contributed by atoms with Crippen LogP contribution in [0, 0.1) is 0 Å². The van der Waals surface area contributed by atoms with Gasteiger partial charge in [0.15, 0.2) is 0 Å². The van der Waals surface area contributed by atoms with Gasteiger partial charge in [-0.2, -0.15) is 0 Å². The smallest absolute Gasteiger partial charge is 0.318 e. The minimum absolute atomic E-state index is 0.0327. The van der Waals surface area contributed by atoms with E-state index in [2.05, 4.69) is 5.32 Å². The molecule has 2 fully saturated rings. The number of hydrogen-bond acceptors (Lipinski definition) is 3. The lowest BCUT2D eigenvalue weighted by molar-refractivity contribution is 0.0852. The summed E-state index contributed by atoms with van der Waals surface area (Å²) >= 11 is 0. The van der Waals surface area contributed by atoms with Crippen molar-refractivity contribution < 1.29 is 9.53 Å². The second-order valence-electron chi connectivity index (χ2n) is 5.74. The molecule has 2 aliphatic rings. The van der Waals surface area contributed by atoms with Gasteiger partial charge in [-0.1, -0.05) is 19.3 Å². The summed E-state index contributed by atoms with van der Waals surface area (Å²) in [5.41, 5.74) is 5.89. The van der Waals surface area contributed by atoms with E-state index in [1.165, 1.54) is 19.3 Å². The van der Waals surface area contributed by atoms with Crippen molar-refractivity contribution in [3.8, 4) is 0 Å². The Bertz CT molecular complexity index is 297. The summed E-state index contributed by atoms with van der Waals surface area (Å²) in [6, 6.07) is 0.199. The molecule has 2 amide bonds. The fraction of sp³-hybridized carbons (Fsp3) is 0.929. The molecule has 1 atom stereocenters. The van der Waals surface area contributed by atoms with Crippen molar-refractivity contribution in [1.29, 1.82) is 0 Å². The molecule has 0 aromatic heterocycles. The Balaban J connectivity index is 2.01. The van der Waals surface area contributed by atoms with Crippen molar-refractivity contribution in [3.63, 3.8) is 0 Å². The summed E-state index contributed by atoms with van der Waals surface area (Å²) in [4.78, 5) is 14.5. The van der Waals surface area contributed by atoms with E-state index in [4.69, 9.17) is 10.5 Å². The molecule has 0 aromatic rings. The molecule has 19 heavy (non-hydrogen) atoms. The number of nitrogens with zero attached hydrogens (tertiary/aromatic N) is 1. The second kappa shape index (κ2) is 6.57. The number of carbonyl (C=O) groups excluding carboxylic acids is 1. The quantitative estimate of drug-likeness (QED) is 0.812. The van der Waals surface area contributed by atoms with E-state index in [0.29, 0.717) is 13.2 Å². The molecule has 1 aliphatic heterocycles. The minimum Gasteiger partial charge on any atom is -0.379 e. The summed E-state index contributed by atoms with van der Waals surface area (Å²) in [5.74, 6) is 0. The van der Waals surface area contributed by atoms with Gasteiger partial charge in [-0.05, 0) is 26.2 Å². The van der Waals surface area contributed by atoms with Gasteiger partial charge >= 0.3 is 6.03 Å². The highest BCUT2D eigenvalue weighted by atomic mass is 16.5. The van der Waals surface area contributed by atoms with Crippen LogP contribution in [-0.4, -0.2) is 48.8 Å². The normalized spacial score (nSPS) is 26.1. The first-order valence-corrected chi connectivity index (χ1v) is 7.58. The van der Waals surface area contributed by atoms with Gasteiger partial charge in [0.25, 0.3) is 0 Å². The minimum atomic E-state index is -0.128. The number of likely N-dealkylation sites (N-methyl/N-ethyl adjacent to an activating group) is 1. The average molecular weight is 269 g/mol. The second-order valence-corrected chi connectivity index (χ2v) is 5.74. The molecule has 1 heterocycles. The Labute approximate surface area is 115 Å². The van der Waals surface area contributed by atoms with E-state index in [9.17, 15) is 4.79 Å². The Morgan fingerprint density at radius 2 is 2.16 bits per heavy atom. The summed E-state index contributed by atoms with van der Waals surface area (Å²) in [6.45, 7) is 4.71. The lowest BCUT2D eigenvalue weighted by atomic mass is 9.80. The van der Waals surface area contributed by atoms with Crippen molar-refractivity contribution in [1.82, 2.24) is 10.2 Å². The highest BCUT2D eigenvalue weighted by Gasteiger charge is 2.39. The van der Waals surface area contributed by atoms with Crippen LogP contribution in [0.15, 0.2) is 0 Å². The van der Waals surface area contributed by atoms with Gasteiger partial charge in [-0.3, -0.25) is 0 Å². The summed E-state index contributed by atoms with van der Waals surface area (Å²) in [6.07, 6.45) is 6.59. The van der Waals surface area contributed by atoms with Crippen molar-refractivity contribution >= 4 is 6.03 Å². The monoisotopic (exact) mass is 269 g/mol. The first-order valence-electron chi connectivity index (χ1n) is 7.58. The van der Waals surface area contributed by atoms with E-state index in [0.717, 1.165) is 32.4 Å². The first-order chi connectivity index (χ1) is 9.22. The van der Waals surface area contributed by atoms with Gasteiger partial charge in [0.05, 0.1) is 18.2 Å². The first kappa shape index (κ1) is 14.6. The molecule has 0 aromatic carbocycles. The number of nitrogens with two attached hydrogens (primary N) is 1. The molecule has 5 heteroatoms. The predicted molar refractivity (Wildman–Crippen MR) is 75.0 cm³/mol. The number of nitrogens with one attached hydrogen (secondary N) is 1. The van der Waals surface area contributed by atoms with Crippen LogP contribution in [0.1, 0.15) is 45.4 Å². The van der Waals surface area contributed by atoms with Gasteiger partial charge in [-0.25, -0.2) is 4.79 Å². The van der Waals surface area contributed by atoms with Gasteiger partial charge in [0.2, 0.25) is 0 Å². The Kier molecular flexibility index (Phi) is 5.05. The molecule has 0 spiro atoms. The van der Waals surface area contributed by atoms with Crippen molar-refractivity contribution in [2.45, 2.75) is 57.0 Å². The number of hydrogen-bond donors (Lipinski definition) is 2. The third-order valence-corrected chi connectivity index (χ3v) is 4.56. The Morgan fingerprint density at radius 1 is 1.42 bits per heavy atom. The van der Waals surface area contributed by atoms with Crippen LogP contribution in [0.3, 0.4) is 0 Å². The van der Waals surface area contributed by atoms with Gasteiger partial charge in [0.1, 0.15) is 0 Å². The number of ether oxygens (including phenoxy) is 1. The SMILES string of the molecule is CCN(C(=O)NC1CCOC1)C1(CN)CCCCC1. The molecule has 0 radical (unpaired) electrons. The van der Waals surface area contributed by atoms with Crippen LogP contribution in [0.25, 0.3) is 0 Å². The van der Waals surface area contributed by atoms with Crippen LogP contribution in [0.5, 0.6) is 0 Å². The summed E-state index contributed by atoms with van der Waals surface area (Å²) in [7, 11) is 0. The van der Waals surface area contributed by atoms with Crippen molar-refractivity contribution in [2.24, 2.45) is 5.73 Å². The number of urea groups is 1. The Hall–Kier alpha value is -0.810. The zero-order valence-corrected chi connectivity index (χ0v) is 12.0. The van der Waals surface area contributed by atoms with E-state index in [-0.39, 0.29) is 17.6 Å². The van der Waals surface area contributed by atoms with Crippen LogP contribution in [-0.2, 0) is 4.74 Å². The third kappa shape index (κ3) is 3.20. The topological polar surface area (TPSA) is 67.6 Å².